The third-order valence-electron chi connectivity index (χ3n) is 9.37. The summed E-state index contributed by atoms with van der Waals surface area (Å²) in [6.07, 6.45) is 1.53. The van der Waals surface area contributed by atoms with E-state index in [4.69, 9.17) is 23.4 Å². The lowest BCUT2D eigenvalue weighted by molar-refractivity contribution is -0.769. The molecule has 3 aliphatic rings. The van der Waals surface area contributed by atoms with Gasteiger partial charge in [-0.1, -0.05) is 27.2 Å². The minimum atomic E-state index is -0.885. The number of unbranched alkanes of at least 4 members (excludes halogenated alkanes) is 1. The molecule has 4 heterocycles. The van der Waals surface area contributed by atoms with E-state index in [2.05, 4.69) is 30.5 Å². The second kappa shape index (κ2) is 15.0. The lowest BCUT2D eigenvalue weighted by Gasteiger charge is -2.34. The highest BCUT2D eigenvalue weighted by molar-refractivity contribution is 6.17. The maximum absolute atomic E-state index is 14.0. The highest BCUT2D eigenvalue weighted by Crippen LogP contribution is 2.33. The second-order valence-electron chi connectivity index (χ2n) is 13.4. The molecule has 12 nitrogen and oxygen atoms in total. The molecule has 3 aromatic rings. The number of benzene rings is 2. The Balaban J connectivity index is 1.13. The van der Waals surface area contributed by atoms with Crippen LogP contribution in [0.2, 0.25) is 0 Å². The Hall–Kier alpha value is -4.00. The second-order valence-corrected chi connectivity index (χ2v) is 13.4. The van der Waals surface area contributed by atoms with Gasteiger partial charge in [0.05, 0.1) is 30.9 Å². The fourth-order valence-corrected chi connectivity index (χ4v) is 7.27. The van der Waals surface area contributed by atoms with Crippen LogP contribution in [0.15, 0.2) is 46.9 Å². The van der Waals surface area contributed by atoms with Gasteiger partial charge >= 0.3 is 5.97 Å². The normalized spacial score (nSPS) is 25.6. The summed E-state index contributed by atoms with van der Waals surface area (Å²) in [4.78, 5) is 45.2. The van der Waals surface area contributed by atoms with Crippen molar-refractivity contribution >= 4 is 22.7 Å². The molecule has 0 spiro atoms. The number of likely N-dealkylation sites (tertiary alicyclic amines) is 1. The number of carbonyl (C=O) groups is 2. The van der Waals surface area contributed by atoms with E-state index in [1.54, 1.807) is 30.3 Å². The molecule has 2 aromatic carbocycles. The molecule has 0 saturated carbocycles. The first-order valence-corrected chi connectivity index (χ1v) is 17.0. The zero-order chi connectivity index (χ0) is 33.8. The van der Waals surface area contributed by atoms with E-state index in [1.165, 1.54) is 6.42 Å². The van der Waals surface area contributed by atoms with Crippen LogP contribution in [-0.4, -0.2) is 85.6 Å². The van der Waals surface area contributed by atoms with Gasteiger partial charge in [0.15, 0.2) is 18.0 Å². The molecular formula is C36H44N2O10. The molecule has 0 bridgehead atoms. The number of nitrogens with zero attached hydrogens (tertiary/aromatic N) is 2. The lowest BCUT2D eigenvalue weighted by atomic mass is 9.92. The summed E-state index contributed by atoms with van der Waals surface area (Å²) < 4.78 is 29.1. The first kappa shape index (κ1) is 33.9. The number of rotatable bonds is 14. The van der Waals surface area contributed by atoms with E-state index in [-0.39, 0.29) is 24.6 Å². The minimum absolute atomic E-state index is 0.0220. The van der Waals surface area contributed by atoms with Crippen molar-refractivity contribution in [3.05, 3.63) is 75.0 Å². The molecule has 1 aromatic heterocycles. The van der Waals surface area contributed by atoms with Gasteiger partial charge < -0.3 is 33.1 Å². The molecule has 258 valence electrons. The van der Waals surface area contributed by atoms with Crippen molar-refractivity contribution in [2.75, 3.05) is 39.5 Å². The third kappa shape index (κ3) is 7.66. The quantitative estimate of drug-likeness (QED) is 0.0694. The Kier molecular flexibility index (Phi) is 10.6. The molecule has 3 fully saturated rings. The SMILES string of the molecule is CCCCc1oc2ccc(C(=O)O[C@@H]3CO[C@H]4[C@@H]3OC[C@@H]4O[N+](=O)[O-])cc2c1C(=O)c1ccc(OCCCN2CC(C)CC(C)C2)cc1. The number of fused-ring (bicyclic) bond motifs is 2. The van der Waals surface area contributed by atoms with Crippen molar-refractivity contribution < 1.29 is 42.9 Å². The van der Waals surface area contributed by atoms with Crippen LogP contribution in [0.5, 0.6) is 5.75 Å². The van der Waals surface area contributed by atoms with Crippen molar-refractivity contribution in [2.24, 2.45) is 11.8 Å². The van der Waals surface area contributed by atoms with Crippen molar-refractivity contribution in [3.8, 4) is 5.75 Å². The first-order valence-electron chi connectivity index (χ1n) is 17.0. The summed E-state index contributed by atoms with van der Waals surface area (Å²) >= 11 is 0. The number of esters is 1. The van der Waals surface area contributed by atoms with E-state index in [0.717, 1.165) is 50.7 Å². The van der Waals surface area contributed by atoms with Crippen molar-refractivity contribution in [3.63, 3.8) is 0 Å². The average molecular weight is 665 g/mol. The molecule has 0 radical (unpaired) electrons. The predicted molar refractivity (Wildman–Crippen MR) is 175 cm³/mol. The first-order chi connectivity index (χ1) is 23.2. The highest BCUT2D eigenvalue weighted by atomic mass is 17.0. The standard InChI is InChI=1S/C36H44N2O10/c1-4-5-7-29-32(33(39)24-8-11-26(12-9-24)43-15-6-14-37-18-22(2)16-23(3)19-37)27-17-25(10-13-28(27)46-29)36(40)47-30-20-44-35-31(48-38(41)42)21-45-34(30)35/h8-13,17,22-23,30-31,34-35H,4-7,14-16,18-21H2,1-3H3/t22?,23?,30-,31+,34-,35-/m1/s1. The van der Waals surface area contributed by atoms with Crippen LogP contribution >= 0.6 is 0 Å². The van der Waals surface area contributed by atoms with E-state index in [9.17, 15) is 19.7 Å². The molecule has 12 heteroatoms. The molecule has 6 atom stereocenters. The third-order valence-corrected chi connectivity index (χ3v) is 9.37. The van der Waals surface area contributed by atoms with Crippen LogP contribution in [0, 0.1) is 22.0 Å². The lowest BCUT2D eigenvalue weighted by Crippen LogP contribution is -2.39. The topological polar surface area (TPSA) is 140 Å². The van der Waals surface area contributed by atoms with Gasteiger partial charge in [-0.3, -0.25) is 4.79 Å². The fraction of sp³-hybridized carbons (Fsp3) is 0.556. The number of piperidine rings is 1. The Morgan fingerprint density at radius 2 is 1.65 bits per heavy atom. The summed E-state index contributed by atoms with van der Waals surface area (Å²) in [5, 5.41) is 10.4. The average Bonchev–Trinajstić information content (AvgIpc) is 3.75. The van der Waals surface area contributed by atoms with E-state index in [1.807, 2.05) is 12.1 Å². The summed E-state index contributed by atoms with van der Waals surface area (Å²) in [6.45, 7) is 10.6. The molecule has 0 amide bonds. The Bertz CT molecular complexity index is 1590. The molecule has 6 rings (SSSR count). The van der Waals surface area contributed by atoms with Gasteiger partial charge in [0, 0.05) is 37.0 Å². The molecule has 0 N–H and O–H groups in total. The van der Waals surface area contributed by atoms with Crippen molar-refractivity contribution in [1.29, 1.82) is 0 Å². The van der Waals surface area contributed by atoms with Crippen molar-refractivity contribution in [2.45, 2.75) is 77.3 Å². The number of aryl methyl sites for hydroxylation is 1. The van der Waals surface area contributed by atoms with Crippen LogP contribution in [0.3, 0.4) is 0 Å². The summed E-state index contributed by atoms with van der Waals surface area (Å²) in [7, 11) is 0. The predicted octanol–water partition coefficient (Wildman–Crippen LogP) is 5.65. The monoisotopic (exact) mass is 664 g/mol. The summed E-state index contributed by atoms with van der Waals surface area (Å²) in [5.41, 5.74) is 1.65. The molecule has 3 saturated heterocycles. The van der Waals surface area contributed by atoms with Gasteiger partial charge in [0.2, 0.25) is 0 Å². The Labute approximate surface area is 279 Å². The van der Waals surface area contributed by atoms with Crippen LogP contribution in [0.4, 0.5) is 0 Å². The van der Waals surface area contributed by atoms with Gasteiger partial charge in [0.25, 0.3) is 5.09 Å². The number of hydrogen-bond donors (Lipinski definition) is 0. The Morgan fingerprint density at radius 1 is 0.958 bits per heavy atom. The van der Waals surface area contributed by atoms with Crippen LogP contribution in [0.25, 0.3) is 11.0 Å². The zero-order valence-electron chi connectivity index (χ0n) is 27.8. The molecular weight excluding hydrogens is 620 g/mol. The maximum Gasteiger partial charge on any atom is 0.338 e. The minimum Gasteiger partial charge on any atom is -0.494 e. The van der Waals surface area contributed by atoms with Crippen LogP contribution < -0.4 is 4.74 Å². The van der Waals surface area contributed by atoms with E-state index < -0.39 is 35.5 Å². The highest BCUT2D eigenvalue weighted by Gasteiger charge is 2.51. The molecule has 0 aliphatic carbocycles. The summed E-state index contributed by atoms with van der Waals surface area (Å²) in [5.74, 6) is 1.91. The maximum atomic E-state index is 14.0. The van der Waals surface area contributed by atoms with Gasteiger partial charge in [-0.15, -0.1) is 10.1 Å². The largest absolute Gasteiger partial charge is 0.494 e. The smallest absolute Gasteiger partial charge is 0.338 e. The molecule has 3 aliphatic heterocycles. The van der Waals surface area contributed by atoms with Crippen LogP contribution in [-0.2, 0) is 25.5 Å². The van der Waals surface area contributed by atoms with Crippen LogP contribution in [0.1, 0.15) is 78.5 Å². The van der Waals surface area contributed by atoms with Gasteiger partial charge in [-0.05, 0) is 73.6 Å². The number of ether oxygens (including phenoxy) is 4. The zero-order valence-corrected chi connectivity index (χ0v) is 27.8. The van der Waals surface area contributed by atoms with Gasteiger partial charge in [-0.25, -0.2) is 4.79 Å². The number of carbonyl (C=O) groups excluding carboxylic acids is 2. The number of ketones is 1. The number of furan rings is 1. The fourth-order valence-electron chi connectivity index (χ4n) is 7.27. The molecule has 2 unspecified atom stereocenters. The van der Waals surface area contributed by atoms with Gasteiger partial charge in [0.1, 0.15) is 29.3 Å². The van der Waals surface area contributed by atoms with E-state index in [0.29, 0.717) is 46.6 Å². The van der Waals surface area contributed by atoms with E-state index >= 15 is 0 Å². The summed E-state index contributed by atoms with van der Waals surface area (Å²) in [6, 6.07) is 12.0. The molecule has 48 heavy (non-hydrogen) atoms. The number of hydrogen-bond acceptors (Lipinski definition) is 11. The van der Waals surface area contributed by atoms with Crippen molar-refractivity contribution in [1.82, 2.24) is 4.90 Å². The Morgan fingerprint density at radius 3 is 2.35 bits per heavy atom. The van der Waals surface area contributed by atoms with Gasteiger partial charge in [-0.2, -0.15) is 0 Å².